The van der Waals surface area contributed by atoms with Gasteiger partial charge in [-0.2, -0.15) is 0 Å². The lowest BCUT2D eigenvalue weighted by atomic mass is 10.1. The van der Waals surface area contributed by atoms with E-state index >= 15 is 0 Å². The number of ether oxygens (including phenoxy) is 1. The van der Waals surface area contributed by atoms with Crippen LogP contribution in [0, 0.1) is 0 Å². The lowest BCUT2D eigenvalue weighted by Crippen LogP contribution is -2.20. The van der Waals surface area contributed by atoms with E-state index in [-0.39, 0.29) is 5.75 Å². The van der Waals surface area contributed by atoms with Crippen molar-refractivity contribution in [3.8, 4) is 17.1 Å². The second-order valence-corrected chi connectivity index (χ2v) is 6.22. The van der Waals surface area contributed by atoms with Gasteiger partial charge in [0.25, 0.3) is 0 Å². The van der Waals surface area contributed by atoms with Crippen LogP contribution in [-0.4, -0.2) is 21.2 Å². The van der Waals surface area contributed by atoms with E-state index in [0.717, 1.165) is 28.3 Å². The van der Waals surface area contributed by atoms with Gasteiger partial charge in [0.2, 0.25) is 0 Å². The first-order valence-corrected chi connectivity index (χ1v) is 8.37. The monoisotopic (exact) mass is 371 g/mol. The first kappa shape index (κ1) is 17.2. The maximum atomic E-state index is 12.2. The smallest absolute Gasteiger partial charge is 0.406 e. The molecule has 0 amide bonds. The molecule has 0 atom stereocenters. The van der Waals surface area contributed by atoms with Crippen molar-refractivity contribution < 1.29 is 17.9 Å². The summed E-state index contributed by atoms with van der Waals surface area (Å²) < 4.78 is 40.6. The van der Waals surface area contributed by atoms with E-state index in [0.29, 0.717) is 13.1 Å². The molecule has 4 rings (SSSR count). The Morgan fingerprint density at radius 1 is 1.04 bits per heavy atom. The van der Waals surface area contributed by atoms with E-state index in [9.17, 15) is 13.2 Å². The molecule has 2 heterocycles. The second-order valence-electron chi connectivity index (χ2n) is 6.22. The number of rotatable bonds is 4. The van der Waals surface area contributed by atoms with Crippen LogP contribution in [0.15, 0.2) is 60.8 Å². The Bertz CT molecular complexity index is 947. The number of halogens is 3. The zero-order valence-electron chi connectivity index (χ0n) is 14.2. The van der Waals surface area contributed by atoms with Gasteiger partial charge < -0.3 is 14.6 Å². The summed E-state index contributed by atoms with van der Waals surface area (Å²) in [7, 11) is 0. The van der Waals surface area contributed by atoms with Gasteiger partial charge in [0.15, 0.2) is 0 Å². The first-order chi connectivity index (χ1) is 13.0. The van der Waals surface area contributed by atoms with E-state index in [4.69, 9.17) is 0 Å². The number of aromatic nitrogens is 2. The number of nitrogens with one attached hydrogen (secondary N) is 1. The van der Waals surface area contributed by atoms with Crippen LogP contribution in [0.2, 0.25) is 0 Å². The Morgan fingerprint density at radius 3 is 2.48 bits per heavy atom. The van der Waals surface area contributed by atoms with E-state index in [1.165, 1.54) is 12.1 Å². The van der Waals surface area contributed by atoms with Crippen LogP contribution in [0.5, 0.6) is 5.75 Å². The van der Waals surface area contributed by atoms with Gasteiger partial charge >= 0.3 is 6.36 Å². The van der Waals surface area contributed by atoms with Crippen molar-refractivity contribution in [1.82, 2.24) is 14.9 Å². The number of aromatic amines is 1. The minimum atomic E-state index is -4.68. The molecule has 1 aromatic heterocycles. The Kier molecular flexibility index (Phi) is 4.35. The third-order valence-electron chi connectivity index (χ3n) is 4.21. The fourth-order valence-electron chi connectivity index (χ4n) is 2.98. The standard InChI is InChI=1S/C20H16F3N3O/c21-20(22,23)27-16-8-6-14(7-9-16)12-26-11-10-17-18(13-26)25-19(24-17)15-4-2-1-3-5-15/h1-11H,12-13H2,(H,24,25). The topological polar surface area (TPSA) is 41.1 Å². The van der Waals surface area contributed by atoms with Gasteiger partial charge in [-0.1, -0.05) is 42.5 Å². The zero-order chi connectivity index (χ0) is 18.9. The Morgan fingerprint density at radius 2 is 1.78 bits per heavy atom. The molecule has 7 heteroatoms. The van der Waals surface area contributed by atoms with Gasteiger partial charge in [-0.3, -0.25) is 0 Å². The summed E-state index contributed by atoms with van der Waals surface area (Å²) in [4.78, 5) is 10.0. The summed E-state index contributed by atoms with van der Waals surface area (Å²) in [6.07, 6.45) is -0.765. The van der Waals surface area contributed by atoms with Crippen molar-refractivity contribution in [3.63, 3.8) is 0 Å². The highest BCUT2D eigenvalue weighted by atomic mass is 19.4. The SMILES string of the molecule is FC(F)(F)Oc1ccc(CN2C=Cc3[nH]c(-c4ccccc4)nc3C2)cc1. The lowest BCUT2D eigenvalue weighted by molar-refractivity contribution is -0.274. The van der Waals surface area contributed by atoms with Crippen molar-refractivity contribution in [3.05, 3.63) is 77.7 Å². The van der Waals surface area contributed by atoms with Crippen LogP contribution in [-0.2, 0) is 13.1 Å². The van der Waals surface area contributed by atoms with E-state index in [2.05, 4.69) is 19.6 Å². The summed E-state index contributed by atoms with van der Waals surface area (Å²) in [5.74, 6) is 0.600. The molecular weight excluding hydrogens is 355 g/mol. The van der Waals surface area contributed by atoms with Gasteiger partial charge in [-0.15, -0.1) is 13.2 Å². The summed E-state index contributed by atoms with van der Waals surface area (Å²) in [6, 6.07) is 15.8. The fourth-order valence-corrected chi connectivity index (χ4v) is 2.98. The maximum absolute atomic E-state index is 12.2. The molecule has 0 unspecified atom stereocenters. The number of hydrogen-bond acceptors (Lipinski definition) is 3. The molecule has 27 heavy (non-hydrogen) atoms. The van der Waals surface area contributed by atoms with Crippen molar-refractivity contribution in [2.24, 2.45) is 0 Å². The Balaban J connectivity index is 1.43. The molecule has 0 fully saturated rings. The number of fused-ring (bicyclic) bond motifs is 1. The molecule has 4 nitrogen and oxygen atoms in total. The van der Waals surface area contributed by atoms with Crippen molar-refractivity contribution in [2.45, 2.75) is 19.5 Å². The molecular formula is C20H16F3N3O. The summed E-state index contributed by atoms with van der Waals surface area (Å²) in [5.41, 5.74) is 3.82. The largest absolute Gasteiger partial charge is 0.573 e. The van der Waals surface area contributed by atoms with Gasteiger partial charge in [-0.25, -0.2) is 4.98 Å². The molecule has 0 saturated carbocycles. The molecule has 0 spiro atoms. The minimum Gasteiger partial charge on any atom is -0.406 e. The number of hydrogen-bond donors (Lipinski definition) is 1. The van der Waals surface area contributed by atoms with E-state index in [1.807, 2.05) is 42.6 Å². The molecule has 2 aromatic carbocycles. The highest BCUT2D eigenvalue weighted by Gasteiger charge is 2.31. The molecule has 1 aliphatic rings. The van der Waals surface area contributed by atoms with Crippen LogP contribution in [0.4, 0.5) is 13.2 Å². The van der Waals surface area contributed by atoms with Crippen LogP contribution >= 0.6 is 0 Å². The molecule has 1 aliphatic heterocycles. The molecule has 3 aromatic rings. The number of H-pyrrole nitrogens is 1. The third-order valence-corrected chi connectivity index (χ3v) is 4.21. The van der Waals surface area contributed by atoms with E-state index in [1.54, 1.807) is 12.1 Å². The molecule has 0 radical (unpaired) electrons. The lowest BCUT2D eigenvalue weighted by Gasteiger charge is -2.23. The number of benzene rings is 2. The number of alkyl halides is 3. The molecule has 1 N–H and O–H groups in total. The van der Waals surface area contributed by atoms with Crippen molar-refractivity contribution >= 4 is 6.08 Å². The van der Waals surface area contributed by atoms with E-state index < -0.39 is 6.36 Å². The molecule has 138 valence electrons. The molecule has 0 aliphatic carbocycles. The quantitative estimate of drug-likeness (QED) is 0.705. The van der Waals surface area contributed by atoms with Gasteiger partial charge in [0, 0.05) is 18.3 Å². The predicted molar refractivity (Wildman–Crippen MR) is 95.4 cm³/mol. The van der Waals surface area contributed by atoms with Crippen LogP contribution < -0.4 is 4.74 Å². The van der Waals surface area contributed by atoms with Crippen LogP contribution in [0.3, 0.4) is 0 Å². The minimum absolute atomic E-state index is 0.220. The molecule has 0 saturated heterocycles. The zero-order valence-corrected chi connectivity index (χ0v) is 14.2. The highest BCUT2D eigenvalue weighted by molar-refractivity contribution is 5.60. The number of imidazole rings is 1. The Hall–Kier alpha value is -3.22. The number of nitrogens with zero attached hydrogens (tertiary/aromatic N) is 2. The second kappa shape index (κ2) is 6.83. The van der Waals surface area contributed by atoms with Gasteiger partial charge in [-0.05, 0) is 23.8 Å². The maximum Gasteiger partial charge on any atom is 0.573 e. The average Bonchev–Trinajstić information content (AvgIpc) is 3.06. The third kappa shape index (κ3) is 4.13. The Labute approximate surface area is 153 Å². The van der Waals surface area contributed by atoms with Gasteiger partial charge in [0.05, 0.1) is 17.9 Å². The van der Waals surface area contributed by atoms with Crippen molar-refractivity contribution in [1.29, 1.82) is 0 Å². The average molecular weight is 371 g/mol. The predicted octanol–water partition coefficient (Wildman–Crippen LogP) is 4.96. The van der Waals surface area contributed by atoms with Gasteiger partial charge in [0.1, 0.15) is 11.6 Å². The first-order valence-electron chi connectivity index (χ1n) is 8.37. The highest BCUT2D eigenvalue weighted by Crippen LogP contribution is 2.26. The fraction of sp³-hybridized carbons (Fsp3) is 0.150. The molecule has 0 bridgehead atoms. The summed E-state index contributed by atoms with van der Waals surface area (Å²) >= 11 is 0. The summed E-state index contributed by atoms with van der Waals surface area (Å²) in [6.45, 7) is 1.19. The van der Waals surface area contributed by atoms with Crippen LogP contribution in [0.1, 0.15) is 17.0 Å². The van der Waals surface area contributed by atoms with Crippen molar-refractivity contribution in [2.75, 3.05) is 0 Å². The normalized spacial score (nSPS) is 13.5. The van der Waals surface area contributed by atoms with Crippen LogP contribution in [0.25, 0.3) is 17.5 Å². The summed E-state index contributed by atoms with van der Waals surface area (Å²) in [5, 5.41) is 0.